The van der Waals surface area contributed by atoms with Gasteiger partial charge in [0.2, 0.25) is 5.91 Å². The second-order valence-corrected chi connectivity index (χ2v) is 6.87. The highest BCUT2D eigenvalue weighted by Crippen LogP contribution is 2.29. The minimum absolute atomic E-state index is 0.0142. The van der Waals surface area contributed by atoms with E-state index in [0.717, 1.165) is 15.8 Å². The number of nitrogens with zero attached hydrogens (tertiary/aromatic N) is 3. The number of carbonyl (C=O) groups excluding carboxylic acids is 2. The SMILES string of the molecule is COc1ccc(NC(=O)Cn2nnc(C(=O)Nc3cc(C)ccc3C)c2N)c(OC)c1. The lowest BCUT2D eigenvalue weighted by Crippen LogP contribution is -2.21. The molecule has 0 unspecified atom stereocenters. The van der Waals surface area contributed by atoms with Gasteiger partial charge in [0.15, 0.2) is 11.5 Å². The minimum atomic E-state index is -0.505. The molecule has 10 heteroatoms. The van der Waals surface area contributed by atoms with Gasteiger partial charge >= 0.3 is 0 Å². The monoisotopic (exact) mass is 424 g/mol. The predicted octanol–water partition coefficient (Wildman–Crippen LogP) is 2.39. The van der Waals surface area contributed by atoms with Crippen LogP contribution in [-0.2, 0) is 11.3 Å². The van der Waals surface area contributed by atoms with Crippen molar-refractivity contribution < 1.29 is 19.1 Å². The summed E-state index contributed by atoms with van der Waals surface area (Å²) in [6.07, 6.45) is 0. The van der Waals surface area contributed by atoms with Crippen LogP contribution < -0.4 is 25.8 Å². The van der Waals surface area contributed by atoms with E-state index >= 15 is 0 Å². The van der Waals surface area contributed by atoms with Crippen LogP contribution in [0.4, 0.5) is 17.2 Å². The molecule has 0 atom stereocenters. The molecule has 2 amide bonds. The van der Waals surface area contributed by atoms with E-state index in [9.17, 15) is 9.59 Å². The van der Waals surface area contributed by atoms with E-state index in [4.69, 9.17) is 15.2 Å². The maximum absolute atomic E-state index is 12.6. The number of rotatable bonds is 7. The molecule has 2 aromatic carbocycles. The summed E-state index contributed by atoms with van der Waals surface area (Å²) in [6, 6.07) is 10.7. The van der Waals surface area contributed by atoms with Crippen LogP contribution >= 0.6 is 0 Å². The van der Waals surface area contributed by atoms with Crippen molar-refractivity contribution in [2.45, 2.75) is 20.4 Å². The lowest BCUT2D eigenvalue weighted by molar-refractivity contribution is -0.116. The van der Waals surface area contributed by atoms with E-state index in [0.29, 0.717) is 22.9 Å². The standard InChI is InChI=1S/C21H24N6O4/c1-12-5-6-13(2)16(9-12)24-21(29)19-20(22)27(26-25-19)11-18(28)23-15-8-7-14(30-3)10-17(15)31-4/h5-10H,11,22H2,1-4H3,(H,23,28)(H,24,29). The van der Waals surface area contributed by atoms with Crippen LogP contribution in [0.3, 0.4) is 0 Å². The Labute approximate surface area is 179 Å². The molecular formula is C21H24N6O4. The molecule has 1 aromatic heterocycles. The number of anilines is 3. The number of carbonyl (C=O) groups is 2. The fourth-order valence-corrected chi connectivity index (χ4v) is 2.88. The smallest absolute Gasteiger partial charge is 0.280 e. The third-order valence-electron chi connectivity index (χ3n) is 4.61. The number of aryl methyl sites for hydroxylation is 2. The zero-order valence-electron chi connectivity index (χ0n) is 17.7. The number of aromatic nitrogens is 3. The fourth-order valence-electron chi connectivity index (χ4n) is 2.88. The van der Waals surface area contributed by atoms with Crippen molar-refractivity contribution >= 4 is 29.0 Å². The Morgan fingerprint density at radius 3 is 2.52 bits per heavy atom. The summed E-state index contributed by atoms with van der Waals surface area (Å²) >= 11 is 0. The molecule has 0 aliphatic carbocycles. The van der Waals surface area contributed by atoms with Gasteiger partial charge in [-0.15, -0.1) is 5.10 Å². The molecular weight excluding hydrogens is 400 g/mol. The maximum atomic E-state index is 12.6. The van der Waals surface area contributed by atoms with E-state index in [1.54, 1.807) is 18.2 Å². The van der Waals surface area contributed by atoms with Crippen molar-refractivity contribution in [1.82, 2.24) is 15.0 Å². The number of hydrogen-bond donors (Lipinski definition) is 3. The molecule has 4 N–H and O–H groups in total. The Morgan fingerprint density at radius 2 is 1.81 bits per heavy atom. The first kappa shape index (κ1) is 21.6. The molecule has 31 heavy (non-hydrogen) atoms. The van der Waals surface area contributed by atoms with Gasteiger partial charge in [0, 0.05) is 11.8 Å². The largest absolute Gasteiger partial charge is 0.497 e. The number of nitrogens with one attached hydrogen (secondary N) is 2. The third kappa shape index (κ3) is 4.92. The van der Waals surface area contributed by atoms with Gasteiger partial charge in [-0.1, -0.05) is 17.3 Å². The maximum Gasteiger partial charge on any atom is 0.280 e. The second-order valence-electron chi connectivity index (χ2n) is 6.87. The summed E-state index contributed by atoms with van der Waals surface area (Å²) in [5.74, 6) is 0.0959. The molecule has 3 rings (SSSR count). The van der Waals surface area contributed by atoms with Gasteiger partial charge in [0.1, 0.15) is 18.0 Å². The van der Waals surface area contributed by atoms with E-state index < -0.39 is 11.8 Å². The van der Waals surface area contributed by atoms with Gasteiger partial charge in [-0.25, -0.2) is 4.68 Å². The normalized spacial score (nSPS) is 10.5. The van der Waals surface area contributed by atoms with Gasteiger partial charge in [-0.05, 0) is 43.2 Å². The number of amides is 2. The average Bonchev–Trinajstić information content (AvgIpc) is 3.11. The van der Waals surface area contributed by atoms with E-state index in [-0.39, 0.29) is 18.1 Å². The number of nitrogens with two attached hydrogens (primary N) is 1. The number of benzene rings is 2. The Balaban J connectivity index is 1.71. The zero-order valence-corrected chi connectivity index (χ0v) is 17.7. The van der Waals surface area contributed by atoms with Crippen molar-refractivity contribution in [3.63, 3.8) is 0 Å². The summed E-state index contributed by atoms with van der Waals surface area (Å²) in [6.45, 7) is 3.58. The molecule has 0 saturated heterocycles. The van der Waals surface area contributed by atoms with Crippen LogP contribution in [0.1, 0.15) is 21.6 Å². The molecule has 0 saturated carbocycles. The summed E-state index contributed by atoms with van der Waals surface area (Å²) in [5.41, 5.74) is 8.98. The highest BCUT2D eigenvalue weighted by Gasteiger charge is 2.20. The van der Waals surface area contributed by atoms with Gasteiger partial charge in [0.25, 0.3) is 5.91 Å². The molecule has 3 aromatic rings. The summed E-state index contributed by atoms with van der Waals surface area (Å²) in [5, 5.41) is 13.2. The van der Waals surface area contributed by atoms with Crippen LogP contribution in [-0.4, -0.2) is 41.0 Å². The minimum Gasteiger partial charge on any atom is -0.497 e. The summed E-state index contributed by atoms with van der Waals surface area (Å²) in [4.78, 5) is 25.1. The van der Waals surface area contributed by atoms with Crippen LogP contribution in [0.15, 0.2) is 36.4 Å². The molecule has 1 heterocycles. The van der Waals surface area contributed by atoms with Crippen molar-refractivity contribution in [2.75, 3.05) is 30.6 Å². The average molecular weight is 424 g/mol. The number of hydrogen-bond acceptors (Lipinski definition) is 7. The fraction of sp³-hybridized carbons (Fsp3) is 0.238. The molecule has 162 valence electrons. The number of nitrogen functional groups attached to an aromatic ring is 1. The van der Waals surface area contributed by atoms with Crippen LogP contribution in [0, 0.1) is 13.8 Å². The lowest BCUT2D eigenvalue weighted by atomic mass is 10.1. The van der Waals surface area contributed by atoms with Gasteiger partial charge in [-0.2, -0.15) is 0 Å². The first-order valence-electron chi connectivity index (χ1n) is 9.41. The van der Waals surface area contributed by atoms with E-state index in [1.165, 1.54) is 14.2 Å². The third-order valence-corrected chi connectivity index (χ3v) is 4.61. The lowest BCUT2D eigenvalue weighted by Gasteiger charge is -2.12. The zero-order chi connectivity index (χ0) is 22.5. The van der Waals surface area contributed by atoms with E-state index in [2.05, 4.69) is 20.9 Å². The molecule has 0 bridgehead atoms. The number of ether oxygens (including phenoxy) is 2. The first-order valence-corrected chi connectivity index (χ1v) is 9.41. The van der Waals surface area contributed by atoms with Crippen LogP contribution in [0.2, 0.25) is 0 Å². The Morgan fingerprint density at radius 1 is 1.03 bits per heavy atom. The highest BCUT2D eigenvalue weighted by atomic mass is 16.5. The Kier molecular flexibility index (Phi) is 6.39. The van der Waals surface area contributed by atoms with Gasteiger partial charge in [0.05, 0.1) is 19.9 Å². The molecule has 0 fully saturated rings. The predicted molar refractivity (Wildman–Crippen MR) is 116 cm³/mol. The quantitative estimate of drug-likeness (QED) is 0.530. The van der Waals surface area contributed by atoms with Crippen LogP contribution in [0.25, 0.3) is 0 Å². The van der Waals surface area contributed by atoms with Crippen LogP contribution in [0.5, 0.6) is 11.5 Å². The van der Waals surface area contributed by atoms with Crippen molar-refractivity contribution in [1.29, 1.82) is 0 Å². The van der Waals surface area contributed by atoms with Crippen molar-refractivity contribution in [3.05, 3.63) is 53.2 Å². The molecule has 0 aliphatic rings. The first-order chi connectivity index (χ1) is 14.8. The Hall–Kier alpha value is -4.08. The highest BCUT2D eigenvalue weighted by molar-refractivity contribution is 6.06. The molecule has 0 spiro atoms. The number of methoxy groups -OCH3 is 2. The second kappa shape index (κ2) is 9.16. The molecule has 0 aliphatic heterocycles. The molecule has 10 nitrogen and oxygen atoms in total. The van der Waals surface area contributed by atoms with Gasteiger partial charge < -0.3 is 25.8 Å². The van der Waals surface area contributed by atoms with E-state index in [1.807, 2.05) is 32.0 Å². The molecule has 0 radical (unpaired) electrons. The Bertz CT molecular complexity index is 1130. The summed E-state index contributed by atoms with van der Waals surface area (Å²) in [7, 11) is 3.02. The topological polar surface area (TPSA) is 133 Å². The summed E-state index contributed by atoms with van der Waals surface area (Å²) < 4.78 is 11.6. The van der Waals surface area contributed by atoms with Gasteiger partial charge in [-0.3, -0.25) is 9.59 Å². The van der Waals surface area contributed by atoms with Crippen molar-refractivity contribution in [2.24, 2.45) is 0 Å². The van der Waals surface area contributed by atoms with Crippen molar-refractivity contribution in [3.8, 4) is 11.5 Å².